The van der Waals surface area contributed by atoms with Gasteiger partial charge >= 0.3 is 0 Å². The van der Waals surface area contributed by atoms with Crippen molar-refractivity contribution in [2.75, 3.05) is 13.7 Å². The number of carbonyl (C=O) groups excluding carboxylic acids is 1. The number of hydrazone groups is 1. The van der Waals surface area contributed by atoms with Crippen molar-refractivity contribution in [2.24, 2.45) is 5.10 Å². The Bertz CT molecular complexity index is 760. The molecule has 0 aliphatic rings. The summed E-state index contributed by atoms with van der Waals surface area (Å²) < 4.78 is 10.5. The van der Waals surface area contributed by atoms with E-state index < -0.39 is 0 Å². The molecule has 2 aromatic carbocycles. The van der Waals surface area contributed by atoms with Crippen LogP contribution in [-0.2, 0) is 4.79 Å². The van der Waals surface area contributed by atoms with Crippen molar-refractivity contribution in [3.8, 4) is 11.5 Å². The second-order valence-corrected chi connectivity index (χ2v) is 6.26. The third kappa shape index (κ3) is 5.77. The fourth-order valence-electron chi connectivity index (χ4n) is 2.25. The molecule has 0 heterocycles. The lowest BCUT2D eigenvalue weighted by atomic mass is 9.99. The van der Waals surface area contributed by atoms with Gasteiger partial charge in [-0.15, -0.1) is 0 Å². The standard InChI is InChI=1S/C20H23ClN2O3/c1-4-14(2)16-6-8-17(9-7-16)26-13-20(24)23-22-12-15-5-10-19(25-3)18(21)11-15/h5-12,14H,4,13H2,1-3H3,(H,23,24)/b22-12+. The maximum atomic E-state index is 11.8. The van der Waals surface area contributed by atoms with Crippen molar-refractivity contribution < 1.29 is 14.3 Å². The van der Waals surface area contributed by atoms with E-state index in [2.05, 4.69) is 24.4 Å². The lowest BCUT2D eigenvalue weighted by Crippen LogP contribution is -2.24. The molecule has 1 N–H and O–H groups in total. The highest BCUT2D eigenvalue weighted by Gasteiger charge is 2.05. The maximum Gasteiger partial charge on any atom is 0.277 e. The Labute approximate surface area is 159 Å². The SMILES string of the molecule is CCC(C)c1ccc(OCC(=O)N/N=C/c2ccc(OC)c(Cl)c2)cc1. The Kier molecular flexibility index (Phi) is 7.48. The molecule has 0 radical (unpaired) electrons. The second kappa shape index (κ2) is 9.82. The first-order valence-electron chi connectivity index (χ1n) is 8.41. The van der Waals surface area contributed by atoms with Gasteiger partial charge in [0.25, 0.3) is 5.91 Å². The zero-order chi connectivity index (χ0) is 18.9. The molecular formula is C20H23ClN2O3. The molecule has 0 fully saturated rings. The number of nitrogens with zero attached hydrogens (tertiary/aromatic N) is 1. The lowest BCUT2D eigenvalue weighted by Gasteiger charge is -2.10. The number of ether oxygens (including phenoxy) is 2. The molecule has 6 heteroatoms. The van der Waals surface area contributed by atoms with Crippen LogP contribution < -0.4 is 14.9 Å². The molecule has 2 rings (SSSR count). The van der Waals surface area contributed by atoms with Crippen molar-refractivity contribution in [1.82, 2.24) is 5.43 Å². The van der Waals surface area contributed by atoms with E-state index in [1.807, 2.05) is 24.3 Å². The summed E-state index contributed by atoms with van der Waals surface area (Å²) in [7, 11) is 1.55. The zero-order valence-electron chi connectivity index (χ0n) is 15.2. The van der Waals surface area contributed by atoms with Crippen LogP contribution in [0.4, 0.5) is 0 Å². The van der Waals surface area contributed by atoms with E-state index in [9.17, 15) is 4.79 Å². The number of benzene rings is 2. The molecule has 0 bridgehead atoms. The summed E-state index contributed by atoms with van der Waals surface area (Å²) in [4.78, 5) is 11.8. The number of nitrogens with one attached hydrogen (secondary N) is 1. The predicted octanol–water partition coefficient (Wildman–Crippen LogP) is 4.39. The van der Waals surface area contributed by atoms with Gasteiger partial charge < -0.3 is 9.47 Å². The van der Waals surface area contributed by atoms with E-state index in [1.165, 1.54) is 11.8 Å². The second-order valence-electron chi connectivity index (χ2n) is 5.85. The summed E-state index contributed by atoms with van der Waals surface area (Å²) in [5.74, 6) is 1.40. The minimum Gasteiger partial charge on any atom is -0.495 e. The van der Waals surface area contributed by atoms with Crippen molar-refractivity contribution in [3.05, 3.63) is 58.6 Å². The van der Waals surface area contributed by atoms with Gasteiger partial charge in [0, 0.05) is 0 Å². The van der Waals surface area contributed by atoms with Crippen LogP contribution in [0.3, 0.4) is 0 Å². The van der Waals surface area contributed by atoms with Crippen LogP contribution in [-0.4, -0.2) is 25.8 Å². The summed E-state index contributed by atoms with van der Waals surface area (Å²) in [6.07, 6.45) is 2.59. The van der Waals surface area contributed by atoms with Crippen molar-refractivity contribution in [1.29, 1.82) is 0 Å². The molecule has 1 atom stereocenters. The molecule has 0 aromatic heterocycles. The first kappa shape index (κ1) is 19.8. The minimum atomic E-state index is -0.341. The topological polar surface area (TPSA) is 59.9 Å². The molecule has 0 aliphatic carbocycles. The highest BCUT2D eigenvalue weighted by molar-refractivity contribution is 6.32. The van der Waals surface area contributed by atoms with E-state index in [1.54, 1.807) is 25.3 Å². The Balaban J connectivity index is 1.80. The van der Waals surface area contributed by atoms with Crippen LogP contribution >= 0.6 is 11.6 Å². The lowest BCUT2D eigenvalue weighted by molar-refractivity contribution is -0.123. The van der Waals surface area contributed by atoms with Crippen LogP contribution in [0.5, 0.6) is 11.5 Å². The van der Waals surface area contributed by atoms with Crippen molar-refractivity contribution >= 4 is 23.7 Å². The third-order valence-electron chi connectivity index (χ3n) is 4.01. The van der Waals surface area contributed by atoms with Gasteiger partial charge in [0.15, 0.2) is 6.61 Å². The number of hydrogen-bond donors (Lipinski definition) is 1. The van der Waals surface area contributed by atoms with E-state index in [0.717, 1.165) is 12.0 Å². The molecule has 0 saturated carbocycles. The molecule has 1 unspecified atom stereocenters. The summed E-state index contributed by atoms with van der Waals surface area (Å²) in [6, 6.07) is 13.0. The number of methoxy groups -OCH3 is 1. The largest absolute Gasteiger partial charge is 0.495 e. The monoisotopic (exact) mass is 374 g/mol. The fourth-order valence-corrected chi connectivity index (χ4v) is 2.52. The average Bonchev–Trinajstić information content (AvgIpc) is 2.66. The van der Waals surface area contributed by atoms with Gasteiger partial charge in [-0.2, -0.15) is 5.10 Å². The van der Waals surface area contributed by atoms with Crippen LogP contribution in [0, 0.1) is 0 Å². The first-order valence-corrected chi connectivity index (χ1v) is 8.79. The zero-order valence-corrected chi connectivity index (χ0v) is 15.9. The highest BCUT2D eigenvalue weighted by Crippen LogP contribution is 2.24. The predicted molar refractivity (Wildman–Crippen MR) is 104 cm³/mol. The van der Waals surface area contributed by atoms with E-state index in [0.29, 0.717) is 22.4 Å². The maximum absolute atomic E-state index is 11.8. The molecule has 0 saturated heterocycles. The van der Waals surface area contributed by atoms with Gasteiger partial charge in [-0.3, -0.25) is 4.79 Å². The van der Waals surface area contributed by atoms with Crippen molar-refractivity contribution in [2.45, 2.75) is 26.2 Å². The van der Waals surface area contributed by atoms with E-state index in [4.69, 9.17) is 21.1 Å². The molecule has 2 aromatic rings. The summed E-state index contributed by atoms with van der Waals surface area (Å²) in [5, 5.41) is 4.37. The van der Waals surface area contributed by atoms with Gasteiger partial charge in [0.2, 0.25) is 0 Å². The summed E-state index contributed by atoms with van der Waals surface area (Å²) in [5.41, 5.74) is 4.42. The van der Waals surface area contributed by atoms with Gasteiger partial charge in [-0.05, 0) is 53.8 Å². The first-order chi connectivity index (χ1) is 12.5. The van der Waals surface area contributed by atoms with E-state index in [-0.39, 0.29) is 12.5 Å². The molecule has 0 aliphatic heterocycles. The van der Waals surface area contributed by atoms with Crippen molar-refractivity contribution in [3.63, 3.8) is 0 Å². The normalized spacial score (nSPS) is 12.0. The van der Waals surface area contributed by atoms with Crippen LogP contribution in [0.25, 0.3) is 0 Å². The molecule has 0 spiro atoms. The third-order valence-corrected chi connectivity index (χ3v) is 4.31. The van der Waals surface area contributed by atoms with Crippen LogP contribution in [0.1, 0.15) is 37.3 Å². The number of rotatable bonds is 8. The fraction of sp³-hybridized carbons (Fsp3) is 0.300. The number of amides is 1. The number of hydrogen-bond acceptors (Lipinski definition) is 4. The number of carbonyl (C=O) groups is 1. The van der Waals surface area contributed by atoms with Crippen LogP contribution in [0.2, 0.25) is 5.02 Å². The Morgan fingerprint density at radius 3 is 2.62 bits per heavy atom. The molecular weight excluding hydrogens is 352 g/mol. The van der Waals surface area contributed by atoms with Gasteiger partial charge in [-0.1, -0.05) is 37.6 Å². The summed E-state index contributed by atoms with van der Waals surface area (Å²) in [6.45, 7) is 4.22. The average molecular weight is 375 g/mol. The van der Waals surface area contributed by atoms with Crippen LogP contribution in [0.15, 0.2) is 47.6 Å². The number of halogens is 1. The smallest absolute Gasteiger partial charge is 0.277 e. The molecule has 138 valence electrons. The van der Waals surface area contributed by atoms with Gasteiger partial charge in [0.1, 0.15) is 11.5 Å². The van der Waals surface area contributed by atoms with Gasteiger partial charge in [-0.25, -0.2) is 5.43 Å². The quantitative estimate of drug-likeness (QED) is 0.550. The Morgan fingerprint density at radius 2 is 2.00 bits per heavy atom. The summed E-state index contributed by atoms with van der Waals surface area (Å²) >= 11 is 6.03. The van der Waals surface area contributed by atoms with E-state index >= 15 is 0 Å². The molecule has 1 amide bonds. The molecule has 26 heavy (non-hydrogen) atoms. The minimum absolute atomic E-state index is 0.108. The molecule has 5 nitrogen and oxygen atoms in total. The Morgan fingerprint density at radius 1 is 1.27 bits per heavy atom. The van der Waals surface area contributed by atoms with Gasteiger partial charge in [0.05, 0.1) is 18.3 Å². The highest BCUT2D eigenvalue weighted by atomic mass is 35.5. The Hall–Kier alpha value is -2.53.